The number of ether oxygens (including phenoxy) is 1. The van der Waals surface area contributed by atoms with Crippen molar-refractivity contribution in [2.45, 2.75) is 0 Å². The molecular weight excluding hydrogens is 208 g/mol. The molecule has 0 fully saturated rings. The van der Waals surface area contributed by atoms with Gasteiger partial charge in [0.05, 0.1) is 12.8 Å². The minimum atomic E-state index is -0.484. The fraction of sp³-hybridized carbons (Fsp3) is 0.100. The Morgan fingerprint density at radius 2 is 2.31 bits per heavy atom. The van der Waals surface area contributed by atoms with Gasteiger partial charge in [0.2, 0.25) is 0 Å². The number of pyridine rings is 1. The number of anilines is 1. The lowest BCUT2D eigenvalue weighted by Gasteiger charge is -2.02. The summed E-state index contributed by atoms with van der Waals surface area (Å²) in [6.45, 7) is 0. The second kappa shape index (κ2) is 4.01. The summed E-state index contributed by atoms with van der Waals surface area (Å²) in [4.78, 5) is 15.2. The Kier molecular flexibility index (Phi) is 2.55. The smallest absolute Gasteiger partial charge is 0.356 e. The van der Waals surface area contributed by atoms with Crippen LogP contribution in [0.15, 0.2) is 30.6 Å². The number of esters is 1. The molecule has 0 aliphatic heterocycles. The minimum Gasteiger partial charge on any atom is -0.464 e. The lowest BCUT2D eigenvalue weighted by molar-refractivity contribution is 0.0594. The monoisotopic (exact) mass is 218 g/mol. The van der Waals surface area contributed by atoms with Gasteiger partial charge in [0.15, 0.2) is 0 Å². The number of nitrogen functional groups attached to an aromatic ring is 1. The number of hydrogen-bond acceptors (Lipinski definition) is 5. The number of carbonyl (C=O) groups is 1. The van der Waals surface area contributed by atoms with E-state index in [1.807, 2.05) is 0 Å². The minimum absolute atomic E-state index is 0.231. The van der Waals surface area contributed by atoms with Crippen molar-refractivity contribution in [3.63, 3.8) is 0 Å². The van der Waals surface area contributed by atoms with Gasteiger partial charge in [-0.2, -0.15) is 5.10 Å². The fourth-order valence-corrected chi connectivity index (χ4v) is 1.26. The molecule has 2 aromatic rings. The van der Waals surface area contributed by atoms with Crippen LogP contribution in [-0.2, 0) is 4.74 Å². The summed E-state index contributed by atoms with van der Waals surface area (Å²) in [5, 5.41) is 4.02. The Balaban J connectivity index is 2.39. The van der Waals surface area contributed by atoms with E-state index in [1.54, 1.807) is 29.1 Å². The van der Waals surface area contributed by atoms with Gasteiger partial charge in [0.1, 0.15) is 11.5 Å². The van der Waals surface area contributed by atoms with Crippen LogP contribution in [0, 0.1) is 0 Å². The van der Waals surface area contributed by atoms with Crippen molar-refractivity contribution in [1.29, 1.82) is 0 Å². The molecule has 0 aromatic carbocycles. The molecule has 0 spiro atoms. The Hall–Kier alpha value is -2.37. The highest BCUT2D eigenvalue weighted by Gasteiger charge is 2.08. The highest BCUT2D eigenvalue weighted by atomic mass is 16.5. The van der Waals surface area contributed by atoms with Gasteiger partial charge in [-0.1, -0.05) is 0 Å². The Morgan fingerprint density at radius 3 is 2.94 bits per heavy atom. The predicted molar refractivity (Wildman–Crippen MR) is 57.1 cm³/mol. The molecule has 0 saturated heterocycles. The maximum Gasteiger partial charge on any atom is 0.356 e. The van der Waals surface area contributed by atoms with Crippen LogP contribution in [0.1, 0.15) is 10.5 Å². The first kappa shape index (κ1) is 10.2. The van der Waals surface area contributed by atoms with Crippen LogP contribution in [0.25, 0.3) is 5.69 Å². The zero-order valence-corrected chi connectivity index (χ0v) is 8.62. The van der Waals surface area contributed by atoms with Crippen LogP contribution < -0.4 is 5.73 Å². The molecule has 2 aromatic heterocycles. The van der Waals surface area contributed by atoms with Gasteiger partial charge in [0, 0.05) is 18.5 Å². The maximum absolute atomic E-state index is 11.3. The number of hydrogen-bond donors (Lipinski definition) is 1. The topological polar surface area (TPSA) is 83.0 Å². The highest BCUT2D eigenvalue weighted by Crippen LogP contribution is 2.09. The molecule has 0 atom stereocenters. The molecule has 2 heterocycles. The van der Waals surface area contributed by atoms with Crippen molar-refractivity contribution < 1.29 is 9.53 Å². The molecule has 6 heteroatoms. The first-order valence-corrected chi connectivity index (χ1v) is 4.56. The van der Waals surface area contributed by atoms with Crippen molar-refractivity contribution in [1.82, 2.24) is 14.8 Å². The lowest BCUT2D eigenvalue weighted by atomic mass is 10.3. The van der Waals surface area contributed by atoms with Gasteiger partial charge in [-0.15, -0.1) is 0 Å². The molecule has 0 radical (unpaired) electrons. The van der Waals surface area contributed by atoms with Gasteiger partial charge in [0.25, 0.3) is 0 Å². The average molecular weight is 218 g/mol. The number of nitrogens with two attached hydrogens (primary N) is 1. The molecule has 16 heavy (non-hydrogen) atoms. The molecule has 82 valence electrons. The zero-order valence-electron chi connectivity index (χ0n) is 8.62. The van der Waals surface area contributed by atoms with Crippen LogP contribution in [0.3, 0.4) is 0 Å². The molecular formula is C10H10N4O2. The molecule has 0 bridgehead atoms. The van der Waals surface area contributed by atoms with Crippen molar-refractivity contribution in [3.8, 4) is 5.69 Å². The summed E-state index contributed by atoms with van der Waals surface area (Å²) in [6, 6.07) is 4.97. The van der Waals surface area contributed by atoms with Crippen LogP contribution >= 0.6 is 0 Å². The molecule has 0 unspecified atom stereocenters. The molecule has 0 saturated carbocycles. The van der Waals surface area contributed by atoms with Crippen LogP contribution in [0.5, 0.6) is 0 Å². The number of carbonyl (C=O) groups excluding carboxylic acids is 1. The Morgan fingerprint density at radius 1 is 1.50 bits per heavy atom. The molecule has 6 nitrogen and oxygen atoms in total. The van der Waals surface area contributed by atoms with Gasteiger partial charge in [-0.25, -0.2) is 14.5 Å². The number of rotatable bonds is 2. The molecule has 0 aliphatic rings. The number of aromatic nitrogens is 3. The van der Waals surface area contributed by atoms with E-state index in [9.17, 15) is 4.79 Å². The molecule has 0 amide bonds. The second-order valence-electron chi connectivity index (χ2n) is 3.08. The third-order valence-corrected chi connectivity index (χ3v) is 2.01. The van der Waals surface area contributed by atoms with E-state index in [2.05, 4.69) is 14.8 Å². The van der Waals surface area contributed by atoms with Crippen molar-refractivity contribution in [2.24, 2.45) is 0 Å². The summed E-state index contributed by atoms with van der Waals surface area (Å²) < 4.78 is 6.14. The largest absolute Gasteiger partial charge is 0.464 e. The number of nitrogens with zero attached hydrogens (tertiary/aromatic N) is 3. The summed E-state index contributed by atoms with van der Waals surface area (Å²) >= 11 is 0. The molecule has 0 aliphatic carbocycles. The van der Waals surface area contributed by atoms with Crippen LogP contribution in [-0.4, -0.2) is 27.8 Å². The quantitative estimate of drug-likeness (QED) is 0.748. The van der Waals surface area contributed by atoms with E-state index in [-0.39, 0.29) is 5.69 Å². The van der Waals surface area contributed by atoms with Gasteiger partial charge < -0.3 is 10.5 Å². The summed E-state index contributed by atoms with van der Waals surface area (Å²) in [6.07, 6.45) is 3.21. The molecule has 2 rings (SSSR count). The van der Waals surface area contributed by atoms with E-state index in [4.69, 9.17) is 5.73 Å². The summed E-state index contributed by atoms with van der Waals surface area (Å²) in [5.74, 6) is -0.0709. The second-order valence-corrected chi connectivity index (χ2v) is 3.08. The van der Waals surface area contributed by atoms with Crippen LogP contribution in [0.4, 0.5) is 5.82 Å². The van der Waals surface area contributed by atoms with Crippen molar-refractivity contribution >= 4 is 11.8 Å². The van der Waals surface area contributed by atoms with E-state index < -0.39 is 5.97 Å². The third-order valence-electron chi connectivity index (χ3n) is 2.01. The number of methoxy groups -OCH3 is 1. The van der Waals surface area contributed by atoms with E-state index in [0.717, 1.165) is 0 Å². The van der Waals surface area contributed by atoms with Crippen molar-refractivity contribution in [2.75, 3.05) is 12.8 Å². The Labute approximate surface area is 91.7 Å². The van der Waals surface area contributed by atoms with Gasteiger partial charge in [-0.3, -0.25) is 0 Å². The lowest BCUT2D eigenvalue weighted by Crippen LogP contribution is -2.06. The van der Waals surface area contributed by atoms with E-state index in [0.29, 0.717) is 11.5 Å². The van der Waals surface area contributed by atoms with E-state index >= 15 is 0 Å². The average Bonchev–Trinajstić information content (AvgIpc) is 2.75. The first-order valence-electron chi connectivity index (χ1n) is 4.56. The fourth-order valence-electron chi connectivity index (χ4n) is 1.26. The predicted octanol–water partition coefficient (Wildman–Crippen LogP) is 0.636. The SMILES string of the molecule is COC(=O)c1cc(-n2ccc(N)n2)ccn1. The standard InChI is InChI=1S/C10H10N4O2/c1-16-10(15)8-6-7(2-4-12-8)14-5-3-9(11)13-14/h2-6H,1H3,(H2,11,13). The van der Waals surface area contributed by atoms with Crippen molar-refractivity contribution in [3.05, 3.63) is 36.3 Å². The first-order chi connectivity index (χ1) is 7.70. The molecule has 2 N–H and O–H groups in total. The summed E-state index contributed by atoms with van der Waals surface area (Å²) in [7, 11) is 1.31. The maximum atomic E-state index is 11.3. The summed E-state index contributed by atoms with van der Waals surface area (Å²) in [5.41, 5.74) is 6.43. The van der Waals surface area contributed by atoms with Gasteiger partial charge >= 0.3 is 5.97 Å². The van der Waals surface area contributed by atoms with E-state index in [1.165, 1.54) is 13.3 Å². The Bertz CT molecular complexity index is 521. The third kappa shape index (κ3) is 1.85. The van der Waals surface area contributed by atoms with Crippen LogP contribution in [0.2, 0.25) is 0 Å². The van der Waals surface area contributed by atoms with Gasteiger partial charge in [-0.05, 0) is 12.1 Å². The normalized spacial score (nSPS) is 10.1. The zero-order chi connectivity index (χ0) is 11.5. The highest BCUT2D eigenvalue weighted by molar-refractivity contribution is 5.87.